The van der Waals surface area contributed by atoms with Crippen molar-refractivity contribution in [3.8, 4) is 0 Å². The van der Waals surface area contributed by atoms with Crippen molar-refractivity contribution in [1.82, 2.24) is 4.90 Å². The van der Waals surface area contributed by atoms with Gasteiger partial charge in [-0.15, -0.1) is 0 Å². The zero-order valence-corrected chi connectivity index (χ0v) is 13.7. The molecule has 0 radical (unpaired) electrons. The highest BCUT2D eigenvalue weighted by atomic mass is 16.5. The highest BCUT2D eigenvalue weighted by Gasteiger charge is 2.28. The number of carbonyl (C=O) groups excluding carboxylic acids is 1. The Hall–Kier alpha value is -1.43. The molecule has 2 atom stereocenters. The van der Waals surface area contributed by atoms with E-state index in [-0.39, 0.29) is 18.6 Å². The van der Waals surface area contributed by atoms with Crippen molar-refractivity contribution in [1.29, 1.82) is 0 Å². The van der Waals surface area contributed by atoms with Crippen LogP contribution in [0.3, 0.4) is 0 Å². The number of aliphatic hydroxyl groups excluding tert-OH is 1. The van der Waals surface area contributed by atoms with E-state index in [2.05, 4.69) is 6.07 Å². The van der Waals surface area contributed by atoms with Crippen LogP contribution in [-0.2, 0) is 16.0 Å². The van der Waals surface area contributed by atoms with Crippen molar-refractivity contribution in [2.24, 2.45) is 0 Å². The maximum absolute atomic E-state index is 12.8. The molecule has 5 heteroatoms. The summed E-state index contributed by atoms with van der Waals surface area (Å²) in [5.74, 6) is 0.0827. The molecule has 0 aromatic heterocycles. The zero-order chi connectivity index (χ0) is 16.1. The number of aliphatic hydroxyl groups is 1. The Balaban J connectivity index is 2.05. The van der Waals surface area contributed by atoms with Crippen LogP contribution < -0.4 is 4.90 Å². The fraction of sp³-hybridized carbons (Fsp3) is 0.588. The Morgan fingerprint density at radius 2 is 2.18 bits per heavy atom. The molecule has 0 bridgehead atoms. The molecule has 5 nitrogen and oxygen atoms in total. The second kappa shape index (κ2) is 7.72. The summed E-state index contributed by atoms with van der Waals surface area (Å²) in [6, 6.07) is 7.81. The van der Waals surface area contributed by atoms with E-state index in [1.165, 1.54) is 5.56 Å². The lowest BCUT2D eigenvalue weighted by Gasteiger charge is -2.34. The summed E-state index contributed by atoms with van der Waals surface area (Å²) in [7, 11) is 3.42. The van der Waals surface area contributed by atoms with Crippen LogP contribution >= 0.6 is 0 Å². The highest BCUT2D eigenvalue weighted by Crippen LogP contribution is 2.27. The maximum Gasteiger partial charge on any atom is 0.244 e. The van der Waals surface area contributed by atoms with Gasteiger partial charge in [-0.3, -0.25) is 9.69 Å². The Bertz CT molecular complexity index is 506. The van der Waals surface area contributed by atoms with E-state index in [0.717, 1.165) is 25.1 Å². The van der Waals surface area contributed by atoms with Crippen LogP contribution in [0, 0.1) is 0 Å². The summed E-state index contributed by atoms with van der Waals surface area (Å²) in [5.41, 5.74) is 2.26. The number of para-hydroxylation sites is 1. The Morgan fingerprint density at radius 3 is 2.91 bits per heavy atom. The number of likely N-dealkylation sites (N-methyl/N-ethyl adjacent to an activating group) is 1. The Labute approximate surface area is 132 Å². The molecule has 1 aromatic rings. The van der Waals surface area contributed by atoms with Gasteiger partial charge >= 0.3 is 0 Å². The van der Waals surface area contributed by atoms with Gasteiger partial charge in [0.05, 0.1) is 18.8 Å². The molecule has 1 aliphatic heterocycles. The molecule has 1 amide bonds. The largest absolute Gasteiger partial charge is 0.389 e. The fourth-order valence-corrected chi connectivity index (χ4v) is 2.91. The summed E-state index contributed by atoms with van der Waals surface area (Å²) in [6.07, 6.45) is 1.43. The van der Waals surface area contributed by atoms with Gasteiger partial charge in [0.2, 0.25) is 5.91 Å². The molecule has 2 unspecified atom stereocenters. The molecule has 0 fully saturated rings. The Kier molecular flexibility index (Phi) is 5.94. The lowest BCUT2D eigenvalue weighted by Crippen LogP contribution is -2.49. The van der Waals surface area contributed by atoms with Crippen LogP contribution in [0.2, 0.25) is 0 Å². The minimum Gasteiger partial charge on any atom is -0.389 e. The number of carbonyl (C=O) groups is 1. The van der Waals surface area contributed by atoms with Crippen molar-refractivity contribution in [3.05, 3.63) is 29.8 Å². The van der Waals surface area contributed by atoms with Crippen molar-refractivity contribution in [3.63, 3.8) is 0 Å². The fourth-order valence-electron chi connectivity index (χ4n) is 2.91. The first-order valence-electron chi connectivity index (χ1n) is 7.81. The number of methoxy groups -OCH3 is 1. The molecule has 22 heavy (non-hydrogen) atoms. The third kappa shape index (κ3) is 3.85. The topological polar surface area (TPSA) is 53.0 Å². The lowest BCUT2D eigenvalue weighted by molar-refractivity contribution is -0.123. The number of anilines is 1. The van der Waals surface area contributed by atoms with E-state index in [0.29, 0.717) is 6.54 Å². The Morgan fingerprint density at radius 1 is 1.45 bits per heavy atom. The van der Waals surface area contributed by atoms with E-state index in [4.69, 9.17) is 4.74 Å². The first-order valence-corrected chi connectivity index (χ1v) is 7.81. The van der Waals surface area contributed by atoms with Crippen LogP contribution in [0.5, 0.6) is 0 Å². The quantitative estimate of drug-likeness (QED) is 0.860. The van der Waals surface area contributed by atoms with Gasteiger partial charge in [-0.25, -0.2) is 0 Å². The van der Waals surface area contributed by atoms with E-state index >= 15 is 0 Å². The second-order valence-electron chi connectivity index (χ2n) is 5.95. The van der Waals surface area contributed by atoms with Gasteiger partial charge in [-0.1, -0.05) is 18.2 Å². The molecule has 0 aliphatic carbocycles. The maximum atomic E-state index is 12.8. The highest BCUT2D eigenvalue weighted by molar-refractivity contribution is 5.97. The number of nitrogens with zero attached hydrogens (tertiary/aromatic N) is 2. The average Bonchev–Trinajstić information content (AvgIpc) is 2.53. The molecule has 1 aliphatic rings. The number of hydrogen-bond acceptors (Lipinski definition) is 4. The lowest BCUT2D eigenvalue weighted by atomic mass is 10.0. The van der Waals surface area contributed by atoms with Gasteiger partial charge in [0.25, 0.3) is 0 Å². The predicted molar refractivity (Wildman–Crippen MR) is 87.1 cm³/mol. The molecule has 1 heterocycles. The third-order valence-corrected chi connectivity index (χ3v) is 4.25. The van der Waals surface area contributed by atoms with E-state index in [1.807, 2.05) is 42.0 Å². The number of hydrogen-bond donors (Lipinski definition) is 1. The molecule has 0 saturated heterocycles. The van der Waals surface area contributed by atoms with Gasteiger partial charge in [-0.05, 0) is 38.4 Å². The van der Waals surface area contributed by atoms with Crippen molar-refractivity contribution >= 4 is 11.6 Å². The van der Waals surface area contributed by atoms with E-state index < -0.39 is 6.10 Å². The van der Waals surface area contributed by atoms with Crippen LogP contribution in [0.25, 0.3) is 0 Å². The molecule has 122 valence electrons. The monoisotopic (exact) mass is 306 g/mol. The number of fused-ring (bicyclic) bond motifs is 1. The van der Waals surface area contributed by atoms with Gasteiger partial charge < -0.3 is 14.7 Å². The average molecular weight is 306 g/mol. The molecule has 1 aromatic carbocycles. The normalized spacial score (nSPS) is 17.2. The summed E-state index contributed by atoms with van der Waals surface area (Å²) in [5, 5.41) is 9.83. The first kappa shape index (κ1) is 16.9. The zero-order valence-electron chi connectivity index (χ0n) is 13.7. The summed E-state index contributed by atoms with van der Waals surface area (Å²) < 4.78 is 4.94. The molecular formula is C17H26N2O3. The molecular weight excluding hydrogens is 280 g/mol. The number of benzene rings is 1. The van der Waals surface area contributed by atoms with E-state index in [9.17, 15) is 9.90 Å². The van der Waals surface area contributed by atoms with Crippen molar-refractivity contribution in [2.45, 2.75) is 31.9 Å². The SMILES string of the molecule is COCC(O)CN(C)C(C)C(=O)N1CCCc2ccccc21. The molecule has 1 N–H and O–H groups in total. The van der Waals surface area contributed by atoms with Crippen LogP contribution in [0.4, 0.5) is 5.69 Å². The first-order chi connectivity index (χ1) is 10.5. The van der Waals surface area contributed by atoms with Crippen molar-refractivity contribution < 1.29 is 14.6 Å². The molecule has 2 rings (SSSR count). The summed E-state index contributed by atoms with van der Waals surface area (Å²) in [6.45, 7) is 3.34. The second-order valence-corrected chi connectivity index (χ2v) is 5.95. The third-order valence-electron chi connectivity index (χ3n) is 4.25. The standard InChI is InChI=1S/C17H26N2O3/c1-13(18(2)11-15(20)12-22-3)17(21)19-10-6-8-14-7-4-5-9-16(14)19/h4-5,7,9,13,15,20H,6,8,10-12H2,1-3H3. The van der Waals surface area contributed by atoms with Gasteiger partial charge in [0, 0.05) is 25.9 Å². The molecule has 0 spiro atoms. The van der Waals surface area contributed by atoms with Gasteiger partial charge in [0.1, 0.15) is 0 Å². The summed E-state index contributed by atoms with van der Waals surface area (Å²) >= 11 is 0. The van der Waals surface area contributed by atoms with Gasteiger partial charge in [0.15, 0.2) is 0 Å². The number of aryl methyl sites for hydroxylation is 1. The predicted octanol–water partition coefficient (Wildman–Crippen LogP) is 1.29. The van der Waals surface area contributed by atoms with Gasteiger partial charge in [-0.2, -0.15) is 0 Å². The van der Waals surface area contributed by atoms with Crippen LogP contribution in [-0.4, -0.2) is 61.9 Å². The van der Waals surface area contributed by atoms with Crippen LogP contribution in [0.1, 0.15) is 18.9 Å². The minimum atomic E-state index is -0.584. The van der Waals surface area contributed by atoms with E-state index in [1.54, 1.807) is 7.11 Å². The smallest absolute Gasteiger partial charge is 0.244 e. The summed E-state index contributed by atoms with van der Waals surface area (Å²) in [4.78, 5) is 16.6. The van der Waals surface area contributed by atoms with Crippen LogP contribution in [0.15, 0.2) is 24.3 Å². The number of rotatable bonds is 6. The number of ether oxygens (including phenoxy) is 1. The molecule has 0 saturated carbocycles. The number of amides is 1. The minimum absolute atomic E-state index is 0.0827. The van der Waals surface area contributed by atoms with Crippen molar-refractivity contribution in [2.75, 3.05) is 38.8 Å².